The molecular weight excluding hydrogens is 236 g/mol. The first-order valence-corrected chi connectivity index (χ1v) is 5.90. The molecule has 0 spiro atoms. The largest absolute Gasteiger partial charge is 0.370 e. The zero-order valence-corrected chi connectivity index (χ0v) is 10.8. The monoisotopic (exact) mass is 258 g/mol. The molecule has 0 aliphatic heterocycles. The topological polar surface area (TPSA) is 127 Å². The maximum absolute atomic E-state index is 11.8. The van der Waals surface area contributed by atoms with Crippen LogP contribution in [0, 0.1) is 5.92 Å². The molecule has 0 bridgehead atoms. The van der Waals surface area contributed by atoms with Crippen LogP contribution in [0.1, 0.15) is 33.1 Å². The normalized spacial score (nSPS) is 14.0. The molecule has 0 saturated heterocycles. The van der Waals surface area contributed by atoms with Gasteiger partial charge in [-0.25, -0.2) is 5.43 Å². The SMILES string of the molecule is CC(C)C[C@@H](C=O)NC(=O)[C@H](CCC(N)=O)NN. The van der Waals surface area contributed by atoms with Crippen molar-refractivity contribution < 1.29 is 14.4 Å². The number of carbonyl (C=O) groups excluding carboxylic acids is 3. The van der Waals surface area contributed by atoms with Crippen LogP contribution in [-0.4, -0.2) is 30.2 Å². The third kappa shape index (κ3) is 6.97. The Kier molecular flexibility index (Phi) is 7.89. The zero-order chi connectivity index (χ0) is 14.1. The van der Waals surface area contributed by atoms with Crippen LogP contribution in [0.3, 0.4) is 0 Å². The van der Waals surface area contributed by atoms with E-state index in [4.69, 9.17) is 11.6 Å². The molecule has 0 unspecified atom stereocenters. The quantitative estimate of drug-likeness (QED) is 0.235. The lowest BCUT2D eigenvalue weighted by Gasteiger charge is -2.19. The summed E-state index contributed by atoms with van der Waals surface area (Å²) in [4.78, 5) is 33.2. The molecule has 7 heteroatoms. The summed E-state index contributed by atoms with van der Waals surface area (Å²) in [5.74, 6) is 4.61. The fourth-order valence-corrected chi connectivity index (χ4v) is 1.52. The highest BCUT2D eigenvalue weighted by Gasteiger charge is 2.21. The van der Waals surface area contributed by atoms with Crippen molar-refractivity contribution in [1.82, 2.24) is 10.7 Å². The van der Waals surface area contributed by atoms with E-state index in [1.165, 1.54) is 0 Å². The van der Waals surface area contributed by atoms with Gasteiger partial charge in [0.2, 0.25) is 11.8 Å². The van der Waals surface area contributed by atoms with Gasteiger partial charge in [-0.1, -0.05) is 13.8 Å². The molecule has 0 heterocycles. The number of hydrogen-bond donors (Lipinski definition) is 4. The van der Waals surface area contributed by atoms with Crippen molar-refractivity contribution in [2.45, 2.75) is 45.2 Å². The van der Waals surface area contributed by atoms with E-state index in [2.05, 4.69) is 10.7 Å². The van der Waals surface area contributed by atoms with Crippen LogP contribution in [0.5, 0.6) is 0 Å². The van der Waals surface area contributed by atoms with Gasteiger partial charge in [-0.2, -0.15) is 0 Å². The Hall–Kier alpha value is -1.47. The van der Waals surface area contributed by atoms with E-state index in [-0.39, 0.29) is 18.8 Å². The number of hydrazine groups is 1. The Bertz CT molecular complexity index is 294. The van der Waals surface area contributed by atoms with E-state index in [1.54, 1.807) is 0 Å². The van der Waals surface area contributed by atoms with Gasteiger partial charge < -0.3 is 15.8 Å². The highest BCUT2D eigenvalue weighted by molar-refractivity contribution is 5.85. The van der Waals surface area contributed by atoms with Crippen LogP contribution in [0.25, 0.3) is 0 Å². The Morgan fingerprint density at radius 3 is 2.33 bits per heavy atom. The summed E-state index contributed by atoms with van der Waals surface area (Å²) in [6.07, 6.45) is 1.51. The molecule has 104 valence electrons. The lowest BCUT2D eigenvalue weighted by atomic mass is 10.0. The molecule has 18 heavy (non-hydrogen) atoms. The van der Waals surface area contributed by atoms with E-state index >= 15 is 0 Å². The number of carbonyl (C=O) groups is 3. The molecule has 0 aromatic rings. The van der Waals surface area contributed by atoms with Crippen LogP contribution in [0.2, 0.25) is 0 Å². The van der Waals surface area contributed by atoms with Crippen molar-refractivity contribution >= 4 is 18.1 Å². The fourth-order valence-electron chi connectivity index (χ4n) is 1.52. The number of amides is 2. The second kappa shape index (κ2) is 8.60. The first kappa shape index (κ1) is 16.5. The zero-order valence-electron chi connectivity index (χ0n) is 10.8. The summed E-state index contributed by atoms with van der Waals surface area (Å²) in [6, 6.07) is -1.27. The summed E-state index contributed by atoms with van der Waals surface area (Å²) >= 11 is 0. The first-order chi connectivity index (χ1) is 8.40. The summed E-state index contributed by atoms with van der Waals surface area (Å²) in [5.41, 5.74) is 7.30. The molecule has 0 fully saturated rings. The maximum Gasteiger partial charge on any atom is 0.239 e. The average molecular weight is 258 g/mol. The number of hydrogen-bond acceptors (Lipinski definition) is 5. The Morgan fingerprint density at radius 2 is 1.94 bits per heavy atom. The number of nitrogens with one attached hydrogen (secondary N) is 2. The molecular formula is C11H22N4O3. The number of aldehydes is 1. The van der Waals surface area contributed by atoms with Crippen LogP contribution < -0.4 is 22.3 Å². The van der Waals surface area contributed by atoms with Gasteiger partial charge in [0.1, 0.15) is 12.3 Å². The Labute approximate surface area is 107 Å². The smallest absolute Gasteiger partial charge is 0.239 e. The van der Waals surface area contributed by atoms with E-state index in [0.29, 0.717) is 12.7 Å². The van der Waals surface area contributed by atoms with E-state index in [1.807, 2.05) is 13.8 Å². The number of nitrogens with two attached hydrogens (primary N) is 2. The highest BCUT2D eigenvalue weighted by atomic mass is 16.2. The summed E-state index contributed by atoms with van der Waals surface area (Å²) < 4.78 is 0. The third-order valence-electron chi connectivity index (χ3n) is 2.41. The molecule has 6 N–H and O–H groups in total. The molecule has 0 aromatic heterocycles. The minimum atomic E-state index is -0.730. The van der Waals surface area contributed by atoms with Gasteiger partial charge in [-0.15, -0.1) is 0 Å². The lowest BCUT2D eigenvalue weighted by Crippen LogP contribution is -2.51. The second-order valence-electron chi connectivity index (χ2n) is 4.60. The van der Waals surface area contributed by atoms with Crippen molar-refractivity contribution in [3.63, 3.8) is 0 Å². The summed E-state index contributed by atoms with van der Waals surface area (Å²) in [5, 5.41) is 2.57. The molecule has 0 aromatic carbocycles. The molecule has 0 aliphatic carbocycles. The van der Waals surface area contributed by atoms with Crippen molar-refractivity contribution in [3.8, 4) is 0 Å². The maximum atomic E-state index is 11.8. The molecule has 7 nitrogen and oxygen atoms in total. The summed E-state index contributed by atoms with van der Waals surface area (Å²) in [7, 11) is 0. The Balaban J connectivity index is 4.31. The van der Waals surface area contributed by atoms with Crippen LogP contribution in [0.4, 0.5) is 0 Å². The molecule has 2 atom stereocenters. The van der Waals surface area contributed by atoms with Crippen LogP contribution in [-0.2, 0) is 14.4 Å². The van der Waals surface area contributed by atoms with Gasteiger partial charge in [-0.3, -0.25) is 15.4 Å². The van der Waals surface area contributed by atoms with Crippen molar-refractivity contribution in [1.29, 1.82) is 0 Å². The van der Waals surface area contributed by atoms with Gasteiger partial charge >= 0.3 is 0 Å². The van der Waals surface area contributed by atoms with Crippen LogP contribution >= 0.6 is 0 Å². The van der Waals surface area contributed by atoms with E-state index in [0.717, 1.165) is 0 Å². The Morgan fingerprint density at radius 1 is 1.33 bits per heavy atom. The predicted molar refractivity (Wildman–Crippen MR) is 67.0 cm³/mol. The van der Waals surface area contributed by atoms with Gasteiger partial charge in [0.15, 0.2) is 0 Å². The van der Waals surface area contributed by atoms with Crippen LogP contribution in [0.15, 0.2) is 0 Å². The van der Waals surface area contributed by atoms with Crippen molar-refractivity contribution in [3.05, 3.63) is 0 Å². The fraction of sp³-hybridized carbons (Fsp3) is 0.727. The van der Waals surface area contributed by atoms with E-state index in [9.17, 15) is 14.4 Å². The predicted octanol–water partition coefficient (Wildman–Crippen LogP) is -1.19. The number of rotatable bonds is 9. The number of primary amides is 1. The van der Waals surface area contributed by atoms with E-state index < -0.39 is 23.9 Å². The lowest BCUT2D eigenvalue weighted by molar-refractivity contribution is -0.126. The molecule has 0 rings (SSSR count). The second-order valence-corrected chi connectivity index (χ2v) is 4.60. The summed E-state index contributed by atoms with van der Waals surface area (Å²) in [6.45, 7) is 3.91. The minimum absolute atomic E-state index is 0.0538. The van der Waals surface area contributed by atoms with Gasteiger partial charge in [-0.05, 0) is 18.8 Å². The van der Waals surface area contributed by atoms with Crippen molar-refractivity contribution in [2.24, 2.45) is 17.5 Å². The minimum Gasteiger partial charge on any atom is -0.370 e. The van der Waals surface area contributed by atoms with Crippen molar-refractivity contribution in [2.75, 3.05) is 0 Å². The first-order valence-electron chi connectivity index (χ1n) is 5.90. The highest BCUT2D eigenvalue weighted by Crippen LogP contribution is 2.04. The third-order valence-corrected chi connectivity index (χ3v) is 2.41. The molecule has 0 saturated carbocycles. The van der Waals surface area contributed by atoms with Gasteiger partial charge in [0, 0.05) is 6.42 Å². The van der Waals surface area contributed by atoms with Gasteiger partial charge in [0.25, 0.3) is 0 Å². The average Bonchev–Trinajstić information content (AvgIpc) is 2.27. The molecule has 0 radical (unpaired) electrons. The molecule has 0 aliphatic rings. The standard InChI is InChI=1S/C11H22N4O3/c1-7(2)5-8(6-16)14-11(18)9(15-13)3-4-10(12)17/h6-9,15H,3-5,13H2,1-2H3,(H2,12,17)(H,14,18)/t8-,9-/m0/s1. The molecule has 2 amide bonds. The van der Waals surface area contributed by atoms with Gasteiger partial charge in [0.05, 0.1) is 6.04 Å².